The number of carbonyl (C=O) groups is 1. The summed E-state index contributed by atoms with van der Waals surface area (Å²) in [6, 6.07) is -1.59. The Balaban J connectivity index is 1.66. The highest BCUT2D eigenvalue weighted by atomic mass is 16.8. The van der Waals surface area contributed by atoms with E-state index in [1.54, 1.807) is 0 Å². The molecule has 0 radical (unpaired) electrons. The predicted molar refractivity (Wildman–Crippen MR) is 144 cm³/mol. The van der Waals surface area contributed by atoms with Crippen molar-refractivity contribution in [1.29, 1.82) is 0 Å². The van der Waals surface area contributed by atoms with Crippen LogP contribution in [-0.4, -0.2) is 210 Å². The van der Waals surface area contributed by atoms with Crippen LogP contribution in [0.4, 0.5) is 0 Å². The molecule has 47 heavy (non-hydrogen) atoms. The van der Waals surface area contributed by atoms with Gasteiger partial charge in [0.1, 0.15) is 91.5 Å². The van der Waals surface area contributed by atoms with Gasteiger partial charge in [-0.25, -0.2) is 0 Å². The molecule has 1 amide bonds. The zero-order chi connectivity index (χ0) is 34.9. The molecule has 0 aromatic heterocycles. The second-order valence-corrected chi connectivity index (χ2v) is 11.9. The lowest BCUT2D eigenvalue weighted by Gasteiger charge is -2.50. The van der Waals surface area contributed by atoms with Crippen LogP contribution in [0, 0.1) is 0 Å². The van der Waals surface area contributed by atoms with E-state index in [1.807, 2.05) is 0 Å². The molecule has 4 heterocycles. The first-order valence-electron chi connectivity index (χ1n) is 15.0. The van der Waals surface area contributed by atoms with E-state index in [1.165, 1.54) is 6.92 Å². The van der Waals surface area contributed by atoms with Gasteiger partial charge in [0.15, 0.2) is 25.2 Å². The minimum Gasteiger partial charge on any atom is -0.394 e. The highest BCUT2D eigenvalue weighted by molar-refractivity contribution is 5.73. The van der Waals surface area contributed by atoms with Crippen molar-refractivity contribution in [3.8, 4) is 0 Å². The van der Waals surface area contributed by atoms with Gasteiger partial charge in [0.2, 0.25) is 5.91 Å². The summed E-state index contributed by atoms with van der Waals surface area (Å²) in [6.07, 6.45) is -32.6. The van der Waals surface area contributed by atoms with Crippen LogP contribution >= 0.6 is 0 Å². The SMILES string of the molecule is CC(=O)NC1C(O[C@@H]2OC(CO)C(O)C(O)C2OC2OC(C)C(O)C(O)[C@@H]2O)C(O)C(CO)O[C@H]1O[C@H]1C(O)C(CO)O[C@@H](O)C1O. The first-order chi connectivity index (χ1) is 22.1. The Kier molecular flexibility index (Phi) is 13.2. The maximum Gasteiger partial charge on any atom is 0.217 e. The largest absolute Gasteiger partial charge is 0.394 e. The fourth-order valence-corrected chi connectivity index (χ4v) is 5.86. The molecule has 4 rings (SSSR count). The highest BCUT2D eigenvalue weighted by Crippen LogP contribution is 2.34. The topological polar surface area (TPSA) is 336 Å². The van der Waals surface area contributed by atoms with Crippen LogP contribution in [0.1, 0.15) is 13.8 Å². The average molecular weight is 692 g/mol. The van der Waals surface area contributed by atoms with Crippen LogP contribution in [0.3, 0.4) is 0 Å². The molecule has 21 nitrogen and oxygen atoms in total. The van der Waals surface area contributed by atoms with Crippen molar-refractivity contribution in [2.24, 2.45) is 0 Å². The highest BCUT2D eigenvalue weighted by Gasteiger charge is 2.55. The summed E-state index contributed by atoms with van der Waals surface area (Å²) in [5.41, 5.74) is 0. The van der Waals surface area contributed by atoms with E-state index in [9.17, 15) is 66.1 Å². The van der Waals surface area contributed by atoms with Crippen molar-refractivity contribution in [2.45, 2.75) is 137 Å². The van der Waals surface area contributed by atoms with E-state index in [-0.39, 0.29) is 0 Å². The van der Waals surface area contributed by atoms with Crippen LogP contribution in [0.5, 0.6) is 0 Å². The van der Waals surface area contributed by atoms with Crippen LogP contribution in [0.2, 0.25) is 0 Å². The van der Waals surface area contributed by atoms with Gasteiger partial charge in [-0.2, -0.15) is 0 Å². The zero-order valence-corrected chi connectivity index (χ0v) is 25.3. The van der Waals surface area contributed by atoms with Gasteiger partial charge < -0.3 is 99.8 Å². The molecule has 0 aliphatic carbocycles. The van der Waals surface area contributed by atoms with E-state index in [0.29, 0.717) is 0 Å². The third kappa shape index (κ3) is 8.04. The summed E-state index contributed by atoms with van der Waals surface area (Å²) >= 11 is 0. The smallest absolute Gasteiger partial charge is 0.217 e. The molecule has 0 saturated carbocycles. The number of rotatable bonds is 10. The standard InChI is InChI=1S/C26H45NO20/c1-6-12(32)16(36)18(38)25(41-6)47-22-17(37)13(33)8(3-28)44-26(22)45-20-11(27-7(2)31)24(43-10(5-30)14(20)34)46-21-15(35)9(4-29)42-23(40)19(21)39/h6,8-26,28-30,32-40H,3-5H2,1-2H3,(H,27,31)/t6?,8?,9?,10?,11?,12?,13?,14?,15?,16?,17?,18-,19?,20?,21-,22?,23+,24-,25?,26-/m0/s1. The van der Waals surface area contributed by atoms with Crippen molar-refractivity contribution < 1.29 is 99.2 Å². The van der Waals surface area contributed by atoms with Gasteiger partial charge in [0, 0.05) is 6.92 Å². The Morgan fingerprint density at radius 2 is 1.06 bits per heavy atom. The second kappa shape index (κ2) is 16.2. The molecule has 15 unspecified atom stereocenters. The lowest BCUT2D eigenvalue weighted by atomic mass is 9.94. The second-order valence-electron chi connectivity index (χ2n) is 11.9. The van der Waals surface area contributed by atoms with Gasteiger partial charge in [0.05, 0.1) is 25.9 Å². The van der Waals surface area contributed by atoms with Crippen LogP contribution in [-0.2, 0) is 38.0 Å². The Bertz CT molecular complexity index is 1010. The van der Waals surface area contributed by atoms with E-state index in [4.69, 9.17) is 33.2 Å². The summed E-state index contributed by atoms with van der Waals surface area (Å²) in [6.45, 7) is -0.130. The van der Waals surface area contributed by atoms with Crippen LogP contribution < -0.4 is 5.32 Å². The molecular weight excluding hydrogens is 646 g/mol. The normalized spacial score (nSPS) is 51.0. The van der Waals surface area contributed by atoms with E-state index < -0.39 is 148 Å². The molecule has 13 N–H and O–H groups in total. The third-order valence-corrected chi connectivity index (χ3v) is 8.57. The van der Waals surface area contributed by atoms with Crippen LogP contribution in [0.25, 0.3) is 0 Å². The monoisotopic (exact) mass is 691 g/mol. The Morgan fingerprint density at radius 1 is 0.553 bits per heavy atom. The maximum atomic E-state index is 12.3. The van der Waals surface area contributed by atoms with E-state index in [2.05, 4.69) is 5.32 Å². The molecule has 274 valence electrons. The number of aliphatic hydroxyl groups excluding tert-OH is 12. The maximum absolute atomic E-state index is 12.3. The van der Waals surface area contributed by atoms with Crippen molar-refractivity contribution in [1.82, 2.24) is 5.32 Å². The minimum absolute atomic E-state index is 0.752. The molecule has 20 atom stereocenters. The molecule has 0 aromatic rings. The summed E-state index contributed by atoms with van der Waals surface area (Å²) in [5, 5.41) is 127. The van der Waals surface area contributed by atoms with Gasteiger partial charge in [-0.3, -0.25) is 4.79 Å². The van der Waals surface area contributed by atoms with E-state index >= 15 is 0 Å². The lowest BCUT2D eigenvalue weighted by molar-refractivity contribution is -0.385. The molecular formula is C26H45NO20. The zero-order valence-electron chi connectivity index (χ0n) is 25.3. The number of hydrogen-bond acceptors (Lipinski definition) is 20. The number of aliphatic hydroxyl groups is 12. The van der Waals surface area contributed by atoms with Gasteiger partial charge in [-0.05, 0) is 6.92 Å². The molecule has 0 aromatic carbocycles. The number of ether oxygens (including phenoxy) is 7. The summed E-state index contributed by atoms with van der Waals surface area (Å²) in [5.74, 6) is -0.752. The van der Waals surface area contributed by atoms with Crippen molar-refractivity contribution in [3.05, 3.63) is 0 Å². The number of nitrogens with one attached hydrogen (secondary N) is 1. The first kappa shape index (κ1) is 38.5. The van der Waals surface area contributed by atoms with Gasteiger partial charge in [-0.1, -0.05) is 0 Å². The molecule has 0 bridgehead atoms. The Labute approximate surface area is 267 Å². The van der Waals surface area contributed by atoms with Gasteiger partial charge >= 0.3 is 0 Å². The molecule has 4 aliphatic rings. The third-order valence-electron chi connectivity index (χ3n) is 8.57. The molecule has 4 fully saturated rings. The lowest BCUT2D eigenvalue weighted by Crippen LogP contribution is -2.70. The molecule has 0 spiro atoms. The summed E-state index contributed by atoms with van der Waals surface area (Å²) in [7, 11) is 0. The molecule has 21 heteroatoms. The van der Waals surface area contributed by atoms with Gasteiger partial charge in [-0.15, -0.1) is 0 Å². The number of amides is 1. The quantitative estimate of drug-likeness (QED) is 0.101. The summed E-state index contributed by atoms with van der Waals surface area (Å²) in [4.78, 5) is 12.3. The Morgan fingerprint density at radius 3 is 1.66 bits per heavy atom. The molecule has 4 saturated heterocycles. The fraction of sp³-hybridized carbons (Fsp3) is 0.962. The Hall–Kier alpha value is -1.29. The van der Waals surface area contributed by atoms with E-state index in [0.717, 1.165) is 6.92 Å². The van der Waals surface area contributed by atoms with Crippen molar-refractivity contribution in [3.63, 3.8) is 0 Å². The predicted octanol–water partition coefficient (Wildman–Crippen LogP) is -8.58. The fourth-order valence-electron chi connectivity index (χ4n) is 5.86. The van der Waals surface area contributed by atoms with Crippen molar-refractivity contribution >= 4 is 5.91 Å². The van der Waals surface area contributed by atoms with Crippen molar-refractivity contribution in [2.75, 3.05) is 19.8 Å². The first-order valence-corrected chi connectivity index (χ1v) is 15.0. The number of carbonyl (C=O) groups excluding carboxylic acids is 1. The summed E-state index contributed by atoms with van der Waals surface area (Å²) < 4.78 is 39.1. The van der Waals surface area contributed by atoms with Gasteiger partial charge in [0.25, 0.3) is 0 Å². The average Bonchev–Trinajstić information content (AvgIpc) is 3.03. The van der Waals surface area contributed by atoms with Crippen LogP contribution in [0.15, 0.2) is 0 Å². The number of hydrogen-bond donors (Lipinski definition) is 13. The molecule has 4 aliphatic heterocycles. The minimum atomic E-state index is -1.94.